The minimum absolute atomic E-state index is 0.479. The van der Waals surface area contributed by atoms with Crippen LogP contribution < -0.4 is 4.74 Å². The number of nitrogens with zero attached hydrogens (tertiary/aromatic N) is 1. The Balaban J connectivity index is 2.48. The number of aliphatic hydroxyl groups is 1. The summed E-state index contributed by atoms with van der Waals surface area (Å²) in [7, 11) is 0. The second-order valence-corrected chi connectivity index (χ2v) is 3.36. The number of hydrogen-bond donors (Lipinski definition) is 1. The molecule has 0 aliphatic carbocycles. The van der Waals surface area contributed by atoms with Crippen LogP contribution in [0.5, 0.6) is 5.75 Å². The molecule has 0 saturated carbocycles. The summed E-state index contributed by atoms with van der Waals surface area (Å²) >= 11 is 0. The zero-order chi connectivity index (χ0) is 11.1. The van der Waals surface area contributed by atoms with Gasteiger partial charge in [0.15, 0.2) is 0 Å². The first-order valence-corrected chi connectivity index (χ1v) is 5.02. The van der Waals surface area contributed by atoms with E-state index in [2.05, 4.69) is 6.07 Å². The van der Waals surface area contributed by atoms with Gasteiger partial charge in [-0.05, 0) is 31.0 Å². The molecule has 1 aromatic carbocycles. The van der Waals surface area contributed by atoms with Gasteiger partial charge in [-0.2, -0.15) is 5.26 Å². The summed E-state index contributed by atoms with van der Waals surface area (Å²) < 4.78 is 5.44. The summed E-state index contributed by atoms with van der Waals surface area (Å²) in [6.07, 6.45) is 0.763. The predicted octanol–water partition coefficient (Wildman–Crippen LogP) is 2.42. The van der Waals surface area contributed by atoms with E-state index in [0.29, 0.717) is 13.0 Å². The number of aliphatic hydroxyl groups excluding tert-OH is 1. The van der Waals surface area contributed by atoms with Crippen molar-refractivity contribution in [1.82, 2.24) is 0 Å². The van der Waals surface area contributed by atoms with E-state index < -0.39 is 6.10 Å². The molecule has 0 amide bonds. The summed E-state index contributed by atoms with van der Waals surface area (Å²) in [6, 6.07) is 9.43. The fourth-order valence-corrected chi connectivity index (χ4v) is 1.21. The first kappa shape index (κ1) is 11.5. The first-order chi connectivity index (χ1) is 7.24. The highest BCUT2D eigenvalue weighted by atomic mass is 16.5. The number of nitriles is 1. The molecule has 1 aromatic rings. The minimum atomic E-state index is -0.479. The van der Waals surface area contributed by atoms with Crippen molar-refractivity contribution in [2.75, 3.05) is 6.61 Å². The molecule has 0 aliphatic rings. The van der Waals surface area contributed by atoms with Gasteiger partial charge in [0.2, 0.25) is 0 Å². The van der Waals surface area contributed by atoms with Gasteiger partial charge >= 0.3 is 0 Å². The van der Waals surface area contributed by atoms with Gasteiger partial charge in [-0.1, -0.05) is 12.1 Å². The molecule has 3 nitrogen and oxygen atoms in total. The van der Waals surface area contributed by atoms with Crippen LogP contribution in [0.3, 0.4) is 0 Å². The smallest absolute Gasteiger partial charge is 0.119 e. The van der Waals surface area contributed by atoms with E-state index in [9.17, 15) is 5.11 Å². The van der Waals surface area contributed by atoms with Crippen LogP contribution in [0.2, 0.25) is 0 Å². The second-order valence-electron chi connectivity index (χ2n) is 3.36. The molecule has 0 heterocycles. The van der Waals surface area contributed by atoms with Crippen molar-refractivity contribution in [3.05, 3.63) is 29.8 Å². The van der Waals surface area contributed by atoms with Crippen LogP contribution in [0, 0.1) is 11.3 Å². The van der Waals surface area contributed by atoms with E-state index in [0.717, 1.165) is 17.7 Å². The van der Waals surface area contributed by atoms with Gasteiger partial charge in [-0.15, -0.1) is 0 Å². The van der Waals surface area contributed by atoms with Crippen molar-refractivity contribution in [3.8, 4) is 11.8 Å². The van der Waals surface area contributed by atoms with Gasteiger partial charge in [0.05, 0.1) is 18.8 Å². The molecule has 1 atom stereocenters. The Hall–Kier alpha value is -1.53. The lowest BCUT2D eigenvalue weighted by Crippen LogP contribution is -1.98. The Labute approximate surface area is 89.9 Å². The number of benzene rings is 1. The Morgan fingerprint density at radius 2 is 2.33 bits per heavy atom. The second kappa shape index (κ2) is 6.05. The van der Waals surface area contributed by atoms with Gasteiger partial charge in [-0.3, -0.25) is 0 Å². The fraction of sp³-hybridized carbons (Fsp3) is 0.417. The van der Waals surface area contributed by atoms with Crippen LogP contribution in [0.1, 0.15) is 31.4 Å². The lowest BCUT2D eigenvalue weighted by atomic mass is 10.1. The van der Waals surface area contributed by atoms with Crippen molar-refractivity contribution in [1.29, 1.82) is 5.26 Å². The van der Waals surface area contributed by atoms with Crippen LogP contribution >= 0.6 is 0 Å². The maximum atomic E-state index is 9.36. The highest BCUT2D eigenvalue weighted by Crippen LogP contribution is 2.18. The molecule has 0 unspecified atom stereocenters. The zero-order valence-electron chi connectivity index (χ0n) is 8.81. The van der Waals surface area contributed by atoms with Crippen molar-refractivity contribution >= 4 is 0 Å². The Morgan fingerprint density at radius 1 is 1.53 bits per heavy atom. The van der Waals surface area contributed by atoms with Crippen LogP contribution in [-0.2, 0) is 0 Å². The molecule has 1 rings (SSSR count). The summed E-state index contributed by atoms with van der Waals surface area (Å²) in [4.78, 5) is 0. The number of hydrogen-bond acceptors (Lipinski definition) is 3. The van der Waals surface area contributed by atoms with E-state index in [1.54, 1.807) is 6.92 Å². The Morgan fingerprint density at radius 3 is 3.00 bits per heavy atom. The van der Waals surface area contributed by atoms with Crippen LogP contribution in [0.25, 0.3) is 0 Å². The van der Waals surface area contributed by atoms with Gasteiger partial charge in [0.1, 0.15) is 5.75 Å². The highest BCUT2D eigenvalue weighted by molar-refractivity contribution is 5.29. The zero-order valence-corrected chi connectivity index (χ0v) is 8.81. The predicted molar refractivity (Wildman–Crippen MR) is 57.4 cm³/mol. The van der Waals surface area contributed by atoms with Crippen molar-refractivity contribution < 1.29 is 9.84 Å². The molecule has 0 saturated heterocycles. The molecule has 1 N–H and O–H groups in total. The lowest BCUT2D eigenvalue weighted by Gasteiger charge is -2.08. The summed E-state index contributed by atoms with van der Waals surface area (Å²) in [5.41, 5.74) is 0.841. The fourth-order valence-electron chi connectivity index (χ4n) is 1.21. The topological polar surface area (TPSA) is 53.2 Å². The molecular formula is C12H15NO2. The summed E-state index contributed by atoms with van der Waals surface area (Å²) in [5, 5.41) is 17.7. The van der Waals surface area contributed by atoms with Gasteiger partial charge in [0, 0.05) is 6.42 Å². The monoisotopic (exact) mass is 205 g/mol. The van der Waals surface area contributed by atoms with E-state index in [4.69, 9.17) is 10.00 Å². The average Bonchev–Trinajstić information content (AvgIpc) is 2.25. The summed E-state index contributed by atoms with van der Waals surface area (Å²) in [5.74, 6) is 0.742. The van der Waals surface area contributed by atoms with E-state index in [-0.39, 0.29) is 0 Å². The molecule has 0 bridgehead atoms. The van der Waals surface area contributed by atoms with E-state index >= 15 is 0 Å². The number of ether oxygens (including phenoxy) is 1. The third-order valence-corrected chi connectivity index (χ3v) is 2.04. The van der Waals surface area contributed by atoms with Crippen LogP contribution in [0.15, 0.2) is 24.3 Å². The number of unbranched alkanes of at least 4 members (excludes halogenated alkanes) is 1. The highest BCUT2D eigenvalue weighted by Gasteiger charge is 2.01. The normalized spacial score (nSPS) is 11.8. The molecule has 0 radical (unpaired) electrons. The lowest BCUT2D eigenvalue weighted by molar-refractivity contribution is 0.198. The van der Waals surface area contributed by atoms with E-state index in [1.807, 2.05) is 24.3 Å². The molecule has 80 valence electrons. The molecule has 0 aliphatic heterocycles. The van der Waals surface area contributed by atoms with Crippen LogP contribution in [0.4, 0.5) is 0 Å². The van der Waals surface area contributed by atoms with Crippen molar-refractivity contribution in [3.63, 3.8) is 0 Å². The third-order valence-electron chi connectivity index (χ3n) is 2.04. The average molecular weight is 205 g/mol. The standard InChI is InChI=1S/C12H15NO2/c1-10(14)11-5-4-6-12(9-11)15-8-3-2-7-13/h4-6,9-10,14H,2-3,8H2,1H3/t10-/m1/s1. The Bertz CT molecular complexity index is 342. The molecule has 3 heteroatoms. The van der Waals surface area contributed by atoms with E-state index in [1.165, 1.54) is 0 Å². The maximum Gasteiger partial charge on any atom is 0.119 e. The third kappa shape index (κ3) is 4.01. The van der Waals surface area contributed by atoms with Crippen molar-refractivity contribution in [2.45, 2.75) is 25.9 Å². The molecular weight excluding hydrogens is 190 g/mol. The first-order valence-electron chi connectivity index (χ1n) is 5.02. The SMILES string of the molecule is C[C@@H](O)c1cccc(OCCCC#N)c1. The minimum Gasteiger partial charge on any atom is -0.494 e. The summed E-state index contributed by atoms with van der Waals surface area (Å²) in [6.45, 7) is 2.26. The Kier molecular flexibility index (Phi) is 4.65. The van der Waals surface area contributed by atoms with Crippen LogP contribution in [-0.4, -0.2) is 11.7 Å². The number of rotatable bonds is 5. The molecule has 0 aromatic heterocycles. The molecule has 0 fully saturated rings. The van der Waals surface area contributed by atoms with Crippen molar-refractivity contribution in [2.24, 2.45) is 0 Å². The van der Waals surface area contributed by atoms with Gasteiger partial charge in [-0.25, -0.2) is 0 Å². The molecule has 15 heavy (non-hydrogen) atoms. The van der Waals surface area contributed by atoms with Gasteiger partial charge < -0.3 is 9.84 Å². The quantitative estimate of drug-likeness (QED) is 0.751. The maximum absolute atomic E-state index is 9.36. The molecule has 0 spiro atoms. The largest absolute Gasteiger partial charge is 0.494 e. The van der Waals surface area contributed by atoms with Gasteiger partial charge in [0.25, 0.3) is 0 Å².